The molecular weight excluding hydrogens is 280 g/mol. The Hall–Kier alpha value is -1.45. The molecule has 4 heteroatoms. The summed E-state index contributed by atoms with van der Waals surface area (Å²) in [5.74, 6) is -1.04. The summed E-state index contributed by atoms with van der Waals surface area (Å²) in [6.45, 7) is 0.682. The van der Waals surface area contributed by atoms with Gasteiger partial charge in [-0.2, -0.15) is 0 Å². The summed E-state index contributed by atoms with van der Waals surface area (Å²) in [6, 6.07) is 11.2. The predicted molar refractivity (Wildman–Crippen MR) is 78.2 cm³/mol. The van der Waals surface area contributed by atoms with E-state index in [0.29, 0.717) is 23.6 Å². The largest absolute Gasteiger partial charge is 0.319 e. The number of nitrogens with one attached hydrogen (secondary N) is 1. The molecular formula is C16H16ClF2N. The van der Waals surface area contributed by atoms with Crippen LogP contribution in [-0.2, 0) is 6.42 Å². The fraction of sp³-hybridized carbons (Fsp3) is 0.250. The van der Waals surface area contributed by atoms with Gasteiger partial charge in [0.25, 0.3) is 0 Å². The Balaban J connectivity index is 2.28. The van der Waals surface area contributed by atoms with Crippen LogP contribution in [0.4, 0.5) is 8.78 Å². The van der Waals surface area contributed by atoms with Gasteiger partial charge in [0, 0.05) is 23.6 Å². The molecule has 1 unspecified atom stereocenters. The number of hydrogen-bond acceptors (Lipinski definition) is 1. The first-order valence-electron chi connectivity index (χ1n) is 6.44. The van der Waals surface area contributed by atoms with Crippen molar-refractivity contribution >= 4 is 11.6 Å². The van der Waals surface area contributed by atoms with Gasteiger partial charge in [-0.25, -0.2) is 8.78 Å². The SMILES string of the molecule is CNCC(Cc1cc(F)cc(F)c1)c1ccccc1Cl. The van der Waals surface area contributed by atoms with E-state index in [1.165, 1.54) is 12.1 Å². The molecule has 0 fully saturated rings. The fourth-order valence-corrected chi connectivity index (χ4v) is 2.65. The quantitative estimate of drug-likeness (QED) is 0.873. The first-order valence-corrected chi connectivity index (χ1v) is 6.82. The molecule has 2 aromatic carbocycles. The first-order chi connectivity index (χ1) is 9.60. The van der Waals surface area contributed by atoms with Gasteiger partial charge in [0.05, 0.1) is 0 Å². The molecule has 1 atom stereocenters. The molecule has 0 spiro atoms. The third kappa shape index (κ3) is 3.78. The lowest BCUT2D eigenvalue weighted by Gasteiger charge is -2.18. The van der Waals surface area contributed by atoms with Crippen molar-refractivity contribution in [2.75, 3.05) is 13.6 Å². The summed E-state index contributed by atoms with van der Waals surface area (Å²) in [5.41, 5.74) is 1.61. The highest BCUT2D eigenvalue weighted by Crippen LogP contribution is 2.27. The van der Waals surface area contributed by atoms with E-state index in [-0.39, 0.29) is 5.92 Å². The van der Waals surface area contributed by atoms with E-state index < -0.39 is 11.6 Å². The van der Waals surface area contributed by atoms with Gasteiger partial charge >= 0.3 is 0 Å². The Morgan fingerprint density at radius 3 is 2.35 bits per heavy atom. The number of benzene rings is 2. The Morgan fingerprint density at radius 2 is 1.75 bits per heavy atom. The summed E-state index contributed by atoms with van der Waals surface area (Å²) in [6.07, 6.45) is 0.527. The second kappa shape index (κ2) is 6.82. The maximum absolute atomic E-state index is 13.3. The third-order valence-corrected chi connectivity index (χ3v) is 3.54. The zero-order valence-corrected chi connectivity index (χ0v) is 11.9. The van der Waals surface area contributed by atoms with Crippen LogP contribution in [0.25, 0.3) is 0 Å². The van der Waals surface area contributed by atoms with Crippen LogP contribution in [0, 0.1) is 11.6 Å². The van der Waals surface area contributed by atoms with Crippen LogP contribution < -0.4 is 5.32 Å². The van der Waals surface area contributed by atoms with E-state index in [1.54, 1.807) is 0 Å². The topological polar surface area (TPSA) is 12.0 Å². The van der Waals surface area contributed by atoms with Gasteiger partial charge in [-0.15, -0.1) is 0 Å². The van der Waals surface area contributed by atoms with Crippen LogP contribution in [0.3, 0.4) is 0 Å². The molecule has 0 heterocycles. The second-order valence-electron chi connectivity index (χ2n) is 4.76. The minimum atomic E-state index is -0.553. The van der Waals surface area contributed by atoms with Crippen molar-refractivity contribution in [1.82, 2.24) is 5.32 Å². The summed E-state index contributed by atoms with van der Waals surface area (Å²) in [7, 11) is 1.84. The molecule has 0 saturated heterocycles. The van der Waals surface area contributed by atoms with E-state index in [2.05, 4.69) is 5.32 Å². The van der Waals surface area contributed by atoms with E-state index in [9.17, 15) is 8.78 Å². The molecule has 0 aliphatic heterocycles. The maximum atomic E-state index is 13.3. The normalized spacial score (nSPS) is 12.4. The number of halogens is 3. The smallest absolute Gasteiger partial charge is 0.126 e. The van der Waals surface area contributed by atoms with Gasteiger partial charge in [0.15, 0.2) is 0 Å². The minimum absolute atomic E-state index is 0.0647. The monoisotopic (exact) mass is 295 g/mol. The van der Waals surface area contributed by atoms with E-state index in [0.717, 1.165) is 11.6 Å². The summed E-state index contributed by atoms with van der Waals surface area (Å²) in [4.78, 5) is 0. The molecule has 20 heavy (non-hydrogen) atoms. The van der Waals surface area contributed by atoms with Crippen molar-refractivity contribution in [3.8, 4) is 0 Å². The minimum Gasteiger partial charge on any atom is -0.319 e. The van der Waals surface area contributed by atoms with Crippen LogP contribution in [0.5, 0.6) is 0 Å². The fourth-order valence-electron chi connectivity index (χ4n) is 2.36. The zero-order valence-electron chi connectivity index (χ0n) is 11.2. The van der Waals surface area contributed by atoms with Crippen molar-refractivity contribution in [2.24, 2.45) is 0 Å². The standard InChI is InChI=1S/C16H16ClF2N/c1-20-10-12(15-4-2-3-5-16(15)17)6-11-7-13(18)9-14(19)8-11/h2-5,7-9,12,20H,6,10H2,1H3. The van der Waals surface area contributed by atoms with Crippen LogP contribution in [0.1, 0.15) is 17.0 Å². The summed E-state index contributed by atoms with van der Waals surface area (Å²) < 4.78 is 26.5. The van der Waals surface area contributed by atoms with Gasteiger partial charge in [0.2, 0.25) is 0 Å². The van der Waals surface area contributed by atoms with Crippen molar-refractivity contribution in [2.45, 2.75) is 12.3 Å². The highest BCUT2D eigenvalue weighted by molar-refractivity contribution is 6.31. The van der Waals surface area contributed by atoms with Crippen molar-refractivity contribution in [3.05, 3.63) is 70.2 Å². The van der Waals surface area contributed by atoms with E-state index >= 15 is 0 Å². The van der Waals surface area contributed by atoms with Crippen LogP contribution in [0.2, 0.25) is 5.02 Å². The predicted octanol–water partition coefficient (Wildman–Crippen LogP) is 4.16. The maximum Gasteiger partial charge on any atom is 0.126 e. The number of hydrogen-bond donors (Lipinski definition) is 1. The average molecular weight is 296 g/mol. The molecule has 106 valence electrons. The Bertz CT molecular complexity index is 566. The molecule has 2 rings (SSSR count). The Labute approximate surface area is 122 Å². The lowest BCUT2D eigenvalue weighted by Crippen LogP contribution is -2.19. The molecule has 0 aliphatic rings. The van der Waals surface area contributed by atoms with Gasteiger partial charge in [-0.05, 0) is 42.8 Å². The molecule has 0 radical (unpaired) electrons. The Kier molecular flexibility index (Phi) is 5.10. The first kappa shape index (κ1) is 14.9. The molecule has 0 aliphatic carbocycles. The number of likely N-dealkylation sites (N-methyl/N-ethyl adjacent to an activating group) is 1. The third-order valence-electron chi connectivity index (χ3n) is 3.20. The van der Waals surface area contributed by atoms with Gasteiger partial charge in [0.1, 0.15) is 11.6 Å². The summed E-state index contributed by atoms with van der Waals surface area (Å²) in [5, 5.41) is 3.77. The second-order valence-corrected chi connectivity index (χ2v) is 5.17. The van der Waals surface area contributed by atoms with Crippen molar-refractivity contribution in [1.29, 1.82) is 0 Å². The molecule has 0 amide bonds. The highest BCUT2D eigenvalue weighted by atomic mass is 35.5. The van der Waals surface area contributed by atoms with Gasteiger partial charge in [-0.3, -0.25) is 0 Å². The van der Waals surface area contributed by atoms with E-state index in [1.807, 2.05) is 31.3 Å². The Morgan fingerprint density at radius 1 is 1.10 bits per heavy atom. The van der Waals surface area contributed by atoms with Gasteiger partial charge in [-0.1, -0.05) is 29.8 Å². The van der Waals surface area contributed by atoms with Crippen molar-refractivity contribution < 1.29 is 8.78 Å². The average Bonchev–Trinajstić information content (AvgIpc) is 2.37. The lowest BCUT2D eigenvalue weighted by molar-refractivity contribution is 0.571. The summed E-state index contributed by atoms with van der Waals surface area (Å²) >= 11 is 6.21. The van der Waals surface area contributed by atoms with Crippen molar-refractivity contribution in [3.63, 3.8) is 0 Å². The molecule has 1 nitrogen and oxygen atoms in total. The zero-order chi connectivity index (χ0) is 14.5. The van der Waals surface area contributed by atoms with Crippen LogP contribution in [-0.4, -0.2) is 13.6 Å². The molecule has 2 aromatic rings. The molecule has 0 aromatic heterocycles. The lowest BCUT2D eigenvalue weighted by atomic mass is 9.91. The molecule has 1 N–H and O–H groups in total. The van der Waals surface area contributed by atoms with Crippen LogP contribution in [0.15, 0.2) is 42.5 Å². The van der Waals surface area contributed by atoms with E-state index in [4.69, 9.17) is 11.6 Å². The highest BCUT2D eigenvalue weighted by Gasteiger charge is 2.15. The molecule has 0 saturated carbocycles. The van der Waals surface area contributed by atoms with Crippen LogP contribution >= 0.6 is 11.6 Å². The van der Waals surface area contributed by atoms with Gasteiger partial charge < -0.3 is 5.32 Å². The number of rotatable bonds is 5. The molecule has 0 bridgehead atoms.